The molecule has 0 radical (unpaired) electrons. The fourth-order valence-electron chi connectivity index (χ4n) is 4.34. The lowest BCUT2D eigenvalue weighted by atomic mass is 10.1. The molecule has 1 unspecified atom stereocenters. The second-order valence-corrected chi connectivity index (χ2v) is 9.85. The lowest BCUT2D eigenvalue weighted by Gasteiger charge is -2.23. The molecular weight excluding hydrogens is 560 g/mol. The summed E-state index contributed by atoms with van der Waals surface area (Å²) in [7, 11) is 0. The first kappa shape index (κ1) is 31.9. The largest absolute Gasteiger partial charge is 0.494 e. The summed E-state index contributed by atoms with van der Waals surface area (Å²) in [5.41, 5.74) is 1.47. The third kappa shape index (κ3) is 10.7. The highest BCUT2D eigenvalue weighted by Gasteiger charge is 2.18. The van der Waals surface area contributed by atoms with Gasteiger partial charge in [-0.3, -0.25) is 0 Å². The monoisotopic (exact) mass is 598 g/mol. The standard InChI is InChI=1S/C35H38N2O7/c1-2-41-33(34(38)39)26-27-14-18-30(19-15-27)43-25-23-37(22-9-24-42-29-10-5-3-6-11-29)35(40)36-28-16-20-32(21-17-28)44-31-12-7-4-8-13-31/h3-8,10-21,33H,2,9,22-26H2,1H3,(H,36,40)(H,38,39). The number of nitrogens with zero attached hydrogens (tertiary/aromatic N) is 1. The zero-order valence-corrected chi connectivity index (χ0v) is 24.8. The van der Waals surface area contributed by atoms with Crippen molar-refractivity contribution in [3.8, 4) is 23.0 Å². The fraction of sp³-hybridized carbons (Fsp3) is 0.257. The van der Waals surface area contributed by atoms with Crippen molar-refractivity contribution in [3.05, 3.63) is 115 Å². The van der Waals surface area contributed by atoms with Crippen molar-refractivity contribution in [3.63, 3.8) is 0 Å². The number of amides is 2. The van der Waals surface area contributed by atoms with E-state index in [0.29, 0.717) is 49.9 Å². The number of rotatable bonds is 17. The van der Waals surface area contributed by atoms with Gasteiger partial charge in [0.2, 0.25) is 0 Å². The summed E-state index contributed by atoms with van der Waals surface area (Å²) >= 11 is 0. The molecule has 2 amide bonds. The summed E-state index contributed by atoms with van der Waals surface area (Å²) in [5, 5.41) is 12.3. The molecule has 4 rings (SSSR count). The minimum atomic E-state index is -0.990. The van der Waals surface area contributed by atoms with Crippen molar-refractivity contribution >= 4 is 17.7 Å². The molecule has 0 aromatic heterocycles. The lowest BCUT2D eigenvalue weighted by molar-refractivity contribution is -0.149. The van der Waals surface area contributed by atoms with Gasteiger partial charge < -0.3 is 34.3 Å². The number of carbonyl (C=O) groups is 2. The van der Waals surface area contributed by atoms with E-state index in [1.807, 2.05) is 72.8 Å². The highest BCUT2D eigenvalue weighted by molar-refractivity contribution is 5.89. The van der Waals surface area contributed by atoms with Gasteiger partial charge in [-0.05, 0) is 79.6 Å². The molecule has 0 bridgehead atoms. The lowest BCUT2D eigenvalue weighted by Crippen LogP contribution is -2.39. The van der Waals surface area contributed by atoms with E-state index in [4.69, 9.17) is 18.9 Å². The van der Waals surface area contributed by atoms with E-state index in [-0.39, 0.29) is 19.1 Å². The number of anilines is 1. The number of carbonyl (C=O) groups excluding carboxylic acids is 1. The van der Waals surface area contributed by atoms with Crippen LogP contribution in [0.25, 0.3) is 0 Å². The maximum atomic E-state index is 13.3. The van der Waals surface area contributed by atoms with E-state index in [1.54, 1.807) is 48.2 Å². The highest BCUT2D eigenvalue weighted by Crippen LogP contribution is 2.23. The van der Waals surface area contributed by atoms with Crippen molar-refractivity contribution < 1.29 is 33.6 Å². The first-order valence-electron chi connectivity index (χ1n) is 14.6. The number of carboxylic acids is 1. The Balaban J connectivity index is 1.31. The van der Waals surface area contributed by atoms with Crippen molar-refractivity contribution in [2.24, 2.45) is 0 Å². The van der Waals surface area contributed by atoms with Crippen LogP contribution < -0.4 is 19.5 Å². The molecule has 1 atom stereocenters. The van der Waals surface area contributed by atoms with Crippen LogP contribution in [-0.4, -0.2) is 61.0 Å². The number of carboxylic acid groups (broad SMARTS) is 1. The van der Waals surface area contributed by atoms with E-state index in [9.17, 15) is 14.7 Å². The molecule has 44 heavy (non-hydrogen) atoms. The molecule has 9 heteroatoms. The molecule has 9 nitrogen and oxygen atoms in total. The summed E-state index contributed by atoms with van der Waals surface area (Å²) in [4.78, 5) is 26.4. The van der Waals surface area contributed by atoms with Crippen molar-refractivity contribution in [2.75, 3.05) is 38.2 Å². The average Bonchev–Trinajstić information content (AvgIpc) is 3.04. The van der Waals surface area contributed by atoms with E-state index >= 15 is 0 Å². The SMILES string of the molecule is CCOC(Cc1ccc(OCCN(CCCOc2ccccc2)C(=O)Nc2ccc(Oc3ccccc3)cc2)cc1)C(=O)O. The number of ether oxygens (including phenoxy) is 4. The minimum Gasteiger partial charge on any atom is -0.494 e. The molecule has 0 aliphatic heterocycles. The first-order chi connectivity index (χ1) is 21.5. The molecule has 4 aromatic carbocycles. The number of aliphatic carboxylic acids is 1. The second kappa shape index (κ2) is 17.2. The van der Waals surface area contributed by atoms with Crippen LogP contribution in [0.5, 0.6) is 23.0 Å². The summed E-state index contributed by atoms with van der Waals surface area (Å²) in [6.45, 7) is 3.64. The first-order valence-corrected chi connectivity index (χ1v) is 14.6. The van der Waals surface area contributed by atoms with Gasteiger partial charge in [0, 0.05) is 25.3 Å². The Hall–Kier alpha value is -5.02. The van der Waals surface area contributed by atoms with E-state index in [1.165, 1.54) is 0 Å². The third-order valence-corrected chi connectivity index (χ3v) is 6.57. The number of hydrogen-bond acceptors (Lipinski definition) is 6. The van der Waals surface area contributed by atoms with Gasteiger partial charge in [-0.15, -0.1) is 0 Å². The van der Waals surface area contributed by atoms with E-state index in [2.05, 4.69) is 5.32 Å². The molecule has 230 valence electrons. The minimum absolute atomic E-state index is 0.254. The maximum Gasteiger partial charge on any atom is 0.333 e. The zero-order valence-electron chi connectivity index (χ0n) is 24.8. The van der Waals surface area contributed by atoms with Gasteiger partial charge in [0.1, 0.15) is 29.6 Å². The smallest absolute Gasteiger partial charge is 0.333 e. The predicted octanol–water partition coefficient (Wildman–Crippen LogP) is 6.89. The Morgan fingerprint density at radius 2 is 1.30 bits per heavy atom. The van der Waals surface area contributed by atoms with Gasteiger partial charge in [-0.2, -0.15) is 0 Å². The van der Waals surface area contributed by atoms with E-state index in [0.717, 1.165) is 17.1 Å². The van der Waals surface area contributed by atoms with Crippen molar-refractivity contribution in [1.29, 1.82) is 0 Å². The maximum absolute atomic E-state index is 13.3. The zero-order chi connectivity index (χ0) is 31.0. The van der Waals surface area contributed by atoms with Gasteiger partial charge in [-0.1, -0.05) is 48.5 Å². The molecule has 4 aromatic rings. The highest BCUT2D eigenvalue weighted by atomic mass is 16.5. The van der Waals surface area contributed by atoms with Crippen LogP contribution in [-0.2, 0) is 16.0 Å². The van der Waals surface area contributed by atoms with Gasteiger partial charge >= 0.3 is 12.0 Å². The quantitative estimate of drug-likeness (QED) is 0.127. The van der Waals surface area contributed by atoms with Crippen LogP contribution in [0.4, 0.5) is 10.5 Å². The molecule has 2 N–H and O–H groups in total. The molecular formula is C35H38N2O7. The van der Waals surface area contributed by atoms with Crippen LogP contribution in [0.3, 0.4) is 0 Å². The summed E-state index contributed by atoms with van der Waals surface area (Å²) in [6, 6.07) is 33.2. The Kier molecular flexibility index (Phi) is 12.5. The molecule has 0 saturated carbocycles. The summed E-state index contributed by atoms with van der Waals surface area (Å²) in [6.07, 6.45) is 0.00470. The molecule has 0 spiro atoms. The molecule has 0 aliphatic carbocycles. The third-order valence-electron chi connectivity index (χ3n) is 6.57. The Morgan fingerprint density at radius 1 is 0.727 bits per heavy atom. The van der Waals surface area contributed by atoms with Crippen LogP contribution in [0.1, 0.15) is 18.9 Å². The number of urea groups is 1. The van der Waals surface area contributed by atoms with Crippen LogP contribution in [0.2, 0.25) is 0 Å². The number of benzene rings is 4. The Bertz CT molecular complexity index is 1420. The van der Waals surface area contributed by atoms with Gasteiger partial charge in [0.15, 0.2) is 6.10 Å². The molecule has 0 aliphatic rings. The molecule has 0 fully saturated rings. The Labute approximate surface area is 257 Å². The second-order valence-electron chi connectivity index (χ2n) is 9.85. The summed E-state index contributed by atoms with van der Waals surface area (Å²) < 4.78 is 22.9. The number of nitrogens with one attached hydrogen (secondary N) is 1. The topological polar surface area (TPSA) is 107 Å². The van der Waals surface area contributed by atoms with Gasteiger partial charge in [-0.25, -0.2) is 9.59 Å². The number of para-hydroxylation sites is 2. The van der Waals surface area contributed by atoms with Crippen LogP contribution in [0, 0.1) is 0 Å². The Morgan fingerprint density at radius 3 is 1.93 bits per heavy atom. The van der Waals surface area contributed by atoms with Crippen molar-refractivity contribution in [2.45, 2.75) is 25.9 Å². The van der Waals surface area contributed by atoms with Gasteiger partial charge in [0.05, 0.1) is 13.2 Å². The fourth-order valence-corrected chi connectivity index (χ4v) is 4.34. The summed E-state index contributed by atoms with van der Waals surface area (Å²) in [5.74, 6) is 1.82. The molecule has 0 heterocycles. The molecule has 0 saturated heterocycles. The van der Waals surface area contributed by atoms with Crippen LogP contribution >= 0.6 is 0 Å². The van der Waals surface area contributed by atoms with E-state index < -0.39 is 12.1 Å². The van der Waals surface area contributed by atoms with Gasteiger partial charge in [0.25, 0.3) is 0 Å². The van der Waals surface area contributed by atoms with Crippen molar-refractivity contribution in [1.82, 2.24) is 4.90 Å². The van der Waals surface area contributed by atoms with Crippen LogP contribution in [0.15, 0.2) is 109 Å². The number of hydrogen-bond donors (Lipinski definition) is 2. The average molecular weight is 599 g/mol. The normalized spacial score (nSPS) is 11.3. The predicted molar refractivity (Wildman–Crippen MR) is 169 cm³/mol.